The first kappa shape index (κ1) is 12.5. The molecular weight excluding hydrogens is 206 g/mol. The molecule has 0 spiro atoms. The van der Waals surface area contributed by atoms with Crippen molar-refractivity contribution in [2.75, 3.05) is 5.32 Å². The molecular formula is C16H25N. The fourth-order valence-electron chi connectivity index (χ4n) is 2.84. The van der Waals surface area contributed by atoms with Gasteiger partial charge in [0.05, 0.1) is 0 Å². The van der Waals surface area contributed by atoms with Gasteiger partial charge in [-0.3, -0.25) is 0 Å². The van der Waals surface area contributed by atoms with Gasteiger partial charge in [-0.25, -0.2) is 0 Å². The Morgan fingerprint density at radius 2 is 1.53 bits per heavy atom. The predicted molar refractivity (Wildman–Crippen MR) is 75.6 cm³/mol. The zero-order valence-corrected chi connectivity index (χ0v) is 11.6. The van der Waals surface area contributed by atoms with Crippen LogP contribution in [0.3, 0.4) is 0 Å². The van der Waals surface area contributed by atoms with Gasteiger partial charge in [-0.15, -0.1) is 0 Å². The van der Waals surface area contributed by atoms with E-state index < -0.39 is 0 Å². The first-order valence-corrected chi connectivity index (χ1v) is 6.79. The van der Waals surface area contributed by atoms with Crippen LogP contribution in [0.25, 0.3) is 0 Å². The van der Waals surface area contributed by atoms with Crippen molar-refractivity contribution in [3.8, 4) is 0 Å². The first-order valence-electron chi connectivity index (χ1n) is 6.79. The minimum atomic E-state index is 0.556. The van der Waals surface area contributed by atoms with E-state index in [1.807, 2.05) is 0 Å². The lowest BCUT2D eigenvalue weighted by Gasteiger charge is -2.35. The highest BCUT2D eigenvalue weighted by Crippen LogP contribution is 2.36. The number of benzene rings is 1. The van der Waals surface area contributed by atoms with Crippen LogP contribution in [0.5, 0.6) is 0 Å². The van der Waals surface area contributed by atoms with Crippen molar-refractivity contribution in [1.29, 1.82) is 0 Å². The lowest BCUT2D eigenvalue weighted by atomic mass is 9.75. The molecule has 1 aliphatic carbocycles. The van der Waals surface area contributed by atoms with Crippen molar-refractivity contribution in [3.63, 3.8) is 0 Å². The molecule has 1 saturated carbocycles. The summed E-state index contributed by atoms with van der Waals surface area (Å²) >= 11 is 0. The van der Waals surface area contributed by atoms with Gasteiger partial charge in [0.2, 0.25) is 0 Å². The zero-order chi connectivity index (χ0) is 12.5. The van der Waals surface area contributed by atoms with Crippen LogP contribution in [-0.4, -0.2) is 6.04 Å². The normalized spacial score (nSPS) is 20.2. The highest BCUT2D eigenvalue weighted by Gasteiger charge is 2.26. The molecule has 0 saturated heterocycles. The quantitative estimate of drug-likeness (QED) is 0.779. The van der Waals surface area contributed by atoms with Crippen LogP contribution >= 0.6 is 0 Å². The average Bonchev–Trinajstić information content (AvgIpc) is 2.20. The third-order valence-electron chi connectivity index (χ3n) is 3.93. The molecule has 0 unspecified atom stereocenters. The van der Waals surface area contributed by atoms with Crippen molar-refractivity contribution in [2.45, 2.75) is 59.4 Å². The molecule has 2 rings (SSSR count). The molecule has 1 N–H and O–H groups in total. The lowest BCUT2D eigenvalue weighted by molar-refractivity contribution is 0.232. The van der Waals surface area contributed by atoms with Crippen molar-refractivity contribution in [3.05, 3.63) is 29.3 Å². The van der Waals surface area contributed by atoms with E-state index in [-0.39, 0.29) is 0 Å². The van der Waals surface area contributed by atoms with Gasteiger partial charge < -0.3 is 5.32 Å². The fraction of sp³-hybridized carbons (Fsp3) is 0.625. The van der Waals surface area contributed by atoms with Crippen molar-refractivity contribution in [2.24, 2.45) is 5.41 Å². The summed E-state index contributed by atoms with van der Waals surface area (Å²) in [6, 6.07) is 7.42. The summed E-state index contributed by atoms with van der Waals surface area (Å²) in [6.45, 7) is 9.12. The van der Waals surface area contributed by atoms with E-state index in [1.54, 1.807) is 0 Å². The second-order valence-corrected chi connectivity index (χ2v) is 6.46. The molecule has 94 valence electrons. The molecule has 0 bridgehead atoms. The Bertz CT molecular complexity index is 362. The monoisotopic (exact) mass is 231 g/mol. The summed E-state index contributed by atoms with van der Waals surface area (Å²) in [6.07, 6.45) is 5.30. The second kappa shape index (κ2) is 4.72. The molecule has 1 fully saturated rings. The van der Waals surface area contributed by atoms with E-state index in [1.165, 1.54) is 42.5 Å². The van der Waals surface area contributed by atoms with Gasteiger partial charge in [0.25, 0.3) is 0 Å². The number of hydrogen-bond donors (Lipinski definition) is 1. The lowest BCUT2D eigenvalue weighted by Crippen LogP contribution is -2.29. The van der Waals surface area contributed by atoms with Gasteiger partial charge in [-0.1, -0.05) is 19.9 Å². The van der Waals surface area contributed by atoms with Gasteiger partial charge in [-0.2, -0.15) is 0 Å². The summed E-state index contributed by atoms with van der Waals surface area (Å²) in [5.41, 5.74) is 4.56. The Balaban J connectivity index is 1.97. The third-order valence-corrected chi connectivity index (χ3v) is 3.93. The molecule has 0 atom stereocenters. The molecule has 0 amide bonds. The second-order valence-electron chi connectivity index (χ2n) is 6.46. The Kier molecular flexibility index (Phi) is 3.46. The highest BCUT2D eigenvalue weighted by atomic mass is 14.9. The SMILES string of the molecule is Cc1cc(C)cc(NC2CCC(C)(C)CC2)c1. The summed E-state index contributed by atoms with van der Waals surface area (Å²) in [5.74, 6) is 0. The van der Waals surface area contributed by atoms with Crippen molar-refractivity contribution < 1.29 is 0 Å². The average molecular weight is 231 g/mol. The van der Waals surface area contributed by atoms with E-state index >= 15 is 0 Å². The molecule has 0 radical (unpaired) electrons. The van der Waals surface area contributed by atoms with Gasteiger partial charge in [0, 0.05) is 11.7 Å². The van der Waals surface area contributed by atoms with E-state index in [0.29, 0.717) is 11.5 Å². The van der Waals surface area contributed by atoms with Gasteiger partial charge in [-0.05, 0) is 68.2 Å². The maximum atomic E-state index is 3.70. The van der Waals surface area contributed by atoms with Crippen LogP contribution in [0.15, 0.2) is 18.2 Å². The molecule has 1 aromatic carbocycles. The Hall–Kier alpha value is -0.980. The predicted octanol–water partition coefficient (Wildman–Crippen LogP) is 4.68. The van der Waals surface area contributed by atoms with E-state index in [2.05, 4.69) is 51.2 Å². The van der Waals surface area contributed by atoms with E-state index in [0.717, 1.165) is 0 Å². The van der Waals surface area contributed by atoms with Gasteiger partial charge in [0.1, 0.15) is 0 Å². The molecule has 1 nitrogen and oxygen atoms in total. The van der Waals surface area contributed by atoms with Crippen molar-refractivity contribution in [1.82, 2.24) is 0 Å². The minimum absolute atomic E-state index is 0.556. The van der Waals surface area contributed by atoms with E-state index in [9.17, 15) is 0 Å². The Morgan fingerprint density at radius 1 is 1.00 bits per heavy atom. The van der Waals surface area contributed by atoms with Crippen LogP contribution in [-0.2, 0) is 0 Å². The molecule has 0 aromatic heterocycles. The minimum Gasteiger partial charge on any atom is -0.382 e. The number of rotatable bonds is 2. The standard InChI is InChI=1S/C16H25N/c1-12-9-13(2)11-15(10-12)17-14-5-7-16(3,4)8-6-14/h9-11,14,17H,5-8H2,1-4H3. The van der Waals surface area contributed by atoms with Crippen LogP contribution in [0.4, 0.5) is 5.69 Å². The molecule has 1 aromatic rings. The molecule has 0 aliphatic heterocycles. The molecule has 1 aliphatic rings. The van der Waals surface area contributed by atoms with Crippen LogP contribution in [0.2, 0.25) is 0 Å². The topological polar surface area (TPSA) is 12.0 Å². The number of aryl methyl sites for hydroxylation is 2. The third kappa shape index (κ3) is 3.49. The number of anilines is 1. The number of nitrogens with one attached hydrogen (secondary N) is 1. The summed E-state index contributed by atoms with van der Waals surface area (Å²) < 4.78 is 0. The zero-order valence-electron chi connectivity index (χ0n) is 11.6. The van der Waals surface area contributed by atoms with Crippen LogP contribution < -0.4 is 5.32 Å². The molecule has 0 heterocycles. The van der Waals surface area contributed by atoms with Gasteiger partial charge in [0.15, 0.2) is 0 Å². The Labute approximate surface area is 106 Å². The maximum Gasteiger partial charge on any atom is 0.0347 e. The highest BCUT2D eigenvalue weighted by molar-refractivity contribution is 5.49. The Morgan fingerprint density at radius 3 is 2.06 bits per heavy atom. The molecule has 1 heteroatoms. The van der Waals surface area contributed by atoms with Crippen molar-refractivity contribution >= 4 is 5.69 Å². The van der Waals surface area contributed by atoms with Gasteiger partial charge >= 0.3 is 0 Å². The maximum absolute atomic E-state index is 3.70. The smallest absolute Gasteiger partial charge is 0.0347 e. The summed E-state index contributed by atoms with van der Waals surface area (Å²) in [5, 5.41) is 3.70. The van der Waals surface area contributed by atoms with Crippen LogP contribution in [0, 0.1) is 19.3 Å². The summed E-state index contributed by atoms with van der Waals surface area (Å²) in [7, 11) is 0. The van der Waals surface area contributed by atoms with E-state index in [4.69, 9.17) is 0 Å². The fourth-order valence-corrected chi connectivity index (χ4v) is 2.84. The summed E-state index contributed by atoms with van der Waals surface area (Å²) in [4.78, 5) is 0. The first-order chi connectivity index (χ1) is 7.94. The van der Waals surface area contributed by atoms with Crippen LogP contribution in [0.1, 0.15) is 50.7 Å². The largest absolute Gasteiger partial charge is 0.382 e. The number of hydrogen-bond acceptors (Lipinski definition) is 1. The molecule has 17 heavy (non-hydrogen) atoms.